The molecule has 0 aromatic heterocycles. The van der Waals surface area contributed by atoms with Gasteiger partial charge in [0.05, 0.1) is 0 Å². The second-order valence-electron chi connectivity index (χ2n) is 4.36. The molecule has 0 unspecified atom stereocenters. The van der Waals surface area contributed by atoms with Crippen LogP contribution in [0.3, 0.4) is 0 Å². The quantitative estimate of drug-likeness (QED) is 0.807. The highest BCUT2D eigenvalue weighted by molar-refractivity contribution is 5.42. The van der Waals surface area contributed by atoms with E-state index in [0.29, 0.717) is 17.9 Å². The lowest BCUT2D eigenvalue weighted by atomic mass is 9.95. The van der Waals surface area contributed by atoms with E-state index in [-0.39, 0.29) is 11.3 Å². The Labute approximate surface area is 89.9 Å². The summed E-state index contributed by atoms with van der Waals surface area (Å²) in [7, 11) is 0. The summed E-state index contributed by atoms with van der Waals surface area (Å²) in [6.07, 6.45) is 0.661. The van der Waals surface area contributed by atoms with E-state index in [0.717, 1.165) is 0 Å². The summed E-state index contributed by atoms with van der Waals surface area (Å²) in [5.41, 5.74) is 6.76. The molecule has 1 atom stereocenters. The molecule has 84 valence electrons. The highest BCUT2D eigenvalue weighted by Crippen LogP contribution is 2.31. The summed E-state index contributed by atoms with van der Waals surface area (Å²) >= 11 is 0. The first-order valence-electron chi connectivity index (χ1n) is 5.17. The fraction of sp³-hybridized carbons (Fsp3) is 0.500. The molecule has 1 aromatic carbocycles. The SMILES string of the molecule is Cc1ccc(F)c([C@H](N)CC(C)C)c1O. The number of nitrogens with two attached hydrogens (primary N) is 1. The van der Waals surface area contributed by atoms with Crippen molar-refractivity contribution in [2.75, 3.05) is 0 Å². The van der Waals surface area contributed by atoms with Crippen molar-refractivity contribution in [3.63, 3.8) is 0 Å². The van der Waals surface area contributed by atoms with Crippen LogP contribution in [0.5, 0.6) is 5.75 Å². The van der Waals surface area contributed by atoms with Gasteiger partial charge in [0, 0.05) is 11.6 Å². The van der Waals surface area contributed by atoms with Crippen LogP contribution in [-0.4, -0.2) is 5.11 Å². The largest absolute Gasteiger partial charge is 0.507 e. The third-order valence-corrected chi connectivity index (χ3v) is 2.46. The molecule has 0 saturated carbocycles. The number of benzene rings is 1. The van der Waals surface area contributed by atoms with Gasteiger partial charge in [-0.2, -0.15) is 0 Å². The first kappa shape index (κ1) is 12.0. The molecular formula is C12H18FNO. The van der Waals surface area contributed by atoms with Crippen LogP contribution >= 0.6 is 0 Å². The average molecular weight is 211 g/mol. The van der Waals surface area contributed by atoms with Crippen molar-refractivity contribution < 1.29 is 9.50 Å². The molecule has 0 fully saturated rings. The van der Waals surface area contributed by atoms with Gasteiger partial charge in [-0.15, -0.1) is 0 Å². The predicted octanol–water partition coefficient (Wildman–Crippen LogP) is 2.89. The Hall–Kier alpha value is -1.09. The van der Waals surface area contributed by atoms with E-state index in [2.05, 4.69) is 0 Å². The second-order valence-corrected chi connectivity index (χ2v) is 4.36. The lowest BCUT2D eigenvalue weighted by Crippen LogP contribution is -2.15. The van der Waals surface area contributed by atoms with E-state index in [9.17, 15) is 9.50 Å². The standard InChI is InChI=1S/C12H18FNO/c1-7(2)6-10(14)11-9(13)5-4-8(3)12(11)15/h4-5,7,10,15H,6,14H2,1-3H3/t10-/m1/s1. The molecule has 3 heteroatoms. The maximum Gasteiger partial charge on any atom is 0.131 e. The number of phenolic OH excluding ortho intramolecular Hbond substituents is 1. The smallest absolute Gasteiger partial charge is 0.131 e. The van der Waals surface area contributed by atoms with Gasteiger partial charge in [0.25, 0.3) is 0 Å². The van der Waals surface area contributed by atoms with Crippen LogP contribution in [0.15, 0.2) is 12.1 Å². The molecule has 0 amide bonds. The third-order valence-electron chi connectivity index (χ3n) is 2.46. The molecule has 3 N–H and O–H groups in total. The van der Waals surface area contributed by atoms with Crippen molar-refractivity contribution >= 4 is 0 Å². The van der Waals surface area contributed by atoms with Crippen molar-refractivity contribution in [2.45, 2.75) is 33.2 Å². The molecule has 0 bridgehead atoms. The Morgan fingerprint density at radius 1 is 1.40 bits per heavy atom. The molecule has 0 radical (unpaired) electrons. The molecule has 0 aliphatic rings. The number of hydrogen-bond donors (Lipinski definition) is 2. The van der Waals surface area contributed by atoms with E-state index >= 15 is 0 Å². The fourth-order valence-corrected chi connectivity index (χ4v) is 1.67. The summed E-state index contributed by atoms with van der Waals surface area (Å²) in [4.78, 5) is 0. The fourth-order valence-electron chi connectivity index (χ4n) is 1.67. The molecule has 15 heavy (non-hydrogen) atoms. The number of halogens is 1. The Bertz CT molecular complexity index is 350. The summed E-state index contributed by atoms with van der Waals surface area (Å²) in [6.45, 7) is 5.77. The first-order chi connectivity index (χ1) is 6.93. The molecule has 0 aliphatic carbocycles. The lowest BCUT2D eigenvalue weighted by Gasteiger charge is -2.17. The van der Waals surface area contributed by atoms with Crippen LogP contribution in [0.1, 0.15) is 37.4 Å². The van der Waals surface area contributed by atoms with Gasteiger partial charge in [-0.3, -0.25) is 0 Å². The van der Waals surface area contributed by atoms with Gasteiger partial charge in [-0.25, -0.2) is 4.39 Å². The van der Waals surface area contributed by atoms with E-state index in [1.54, 1.807) is 13.0 Å². The number of aryl methyl sites for hydroxylation is 1. The van der Waals surface area contributed by atoms with Gasteiger partial charge < -0.3 is 10.8 Å². The average Bonchev–Trinajstić information content (AvgIpc) is 2.11. The minimum atomic E-state index is -0.440. The molecule has 0 heterocycles. The Balaban J connectivity index is 3.07. The molecular weight excluding hydrogens is 193 g/mol. The van der Waals surface area contributed by atoms with Gasteiger partial charge in [0.1, 0.15) is 11.6 Å². The van der Waals surface area contributed by atoms with Crippen LogP contribution in [0.2, 0.25) is 0 Å². The van der Waals surface area contributed by atoms with Crippen LogP contribution in [-0.2, 0) is 0 Å². The van der Waals surface area contributed by atoms with Crippen molar-refractivity contribution in [1.82, 2.24) is 0 Å². The Morgan fingerprint density at radius 3 is 2.53 bits per heavy atom. The van der Waals surface area contributed by atoms with Crippen molar-refractivity contribution in [2.24, 2.45) is 11.7 Å². The first-order valence-corrected chi connectivity index (χ1v) is 5.17. The maximum absolute atomic E-state index is 13.5. The molecule has 0 spiro atoms. The van der Waals surface area contributed by atoms with Gasteiger partial charge >= 0.3 is 0 Å². The zero-order chi connectivity index (χ0) is 11.6. The Morgan fingerprint density at radius 2 is 2.00 bits per heavy atom. The van der Waals surface area contributed by atoms with E-state index in [1.807, 2.05) is 13.8 Å². The predicted molar refractivity (Wildman–Crippen MR) is 59.2 cm³/mol. The minimum absolute atomic E-state index is 0.0110. The van der Waals surface area contributed by atoms with Crippen LogP contribution < -0.4 is 5.73 Å². The maximum atomic E-state index is 13.5. The van der Waals surface area contributed by atoms with Crippen LogP contribution in [0.4, 0.5) is 4.39 Å². The second kappa shape index (κ2) is 4.62. The Kier molecular flexibility index (Phi) is 3.69. The van der Waals surface area contributed by atoms with Crippen molar-refractivity contribution in [1.29, 1.82) is 0 Å². The van der Waals surface area contributed by atoms with Crippen LogP contribution in [0, 0.1) is 18.7 Å². The minimum Gasteiger partial charge on any atom is -0.507 e. The topological polar surface area (TPSA) is 46.2 Å². The number of phenols is 1. The van der Waals surface area contributed by atoms with Gasteiger partial charge in [0.2, 0.25) is 0 Å². The van der Waals surface area contributed by atoms with E-state index in [1.165, 1.54) is 6.07 Å². The van der Waals surface area contributed by atoms with Crippen molar-refractivity contribution in [3.05, 3.63) is 29.1 Å². The van der Waals surface area contributed by atoms with Crippen LogP contribution in [0.25, 0.3) is 0 Å². The molecule has 1 rings (SSSR count). The zero-order valence-corrected chi connectivity index (χ0v) is 9.42. The van der Waals surface area contributed by atoms with Crippen molar-refractivity contribution in [3.8, 4) is 5.75 Å². The van der Waals surface area contributed by atoms with Gasteiger partial charge in [0.15, 0.2) is 0 Å². The lowest BCUT2D eigenvalue weighted by molar-refractivity contribution is 0.427. The van der Waals surface area contributed by atoms with Gasteiger partial charge in [-0.1, -0.05) is 19.9 Å². The summed E-state index contributed by atoms with van der Waals surface area (Å²) in [6, 6.07) is 2.46. The zero-order valence-electron chi connectivity index (χ0n) is 9.42. The molecule has 0 aliphatic heterocycles. The number of aromatic hydroxyl groups is 1. The third kappa shape index (κ3) is 2.69. The number of rotatable bonds is 3. The molecule has 1 aromatic rings. The summed E-state index contributed by atoms with van der Waals surface area (Å²) < 4.78 is 13.5. The number of hydrogen-bond acceptors (Lipinski definition) is 2. The normalized spacial score (nSPS) is 13.2. The van der Waals surface area contributed by atoms with E-state index < -0.39 is 11.9 Å². The molecule has 2 nitrogen and oxygen atoms in total. The van der Waals surface area contributed by atoms with E-state index in [4.69, 9.17) is 5.73 Å². The highest BCUT2D eigenvalue weighted by atomic mass is 19.1. The molecule has 0 saturated heterocycles. The van der Waals surface area contributed by atoms with Gasteiger partial charge in [-0.05, 0) is 30.9 Å². The summed E-state index contributed by atoms with van der Waals surface area (Å²) in [5, 5.41) is 9.74. The summed E-state index contributed by atoms with van der Waals surface area (Å²) in [5.74, 6) is -0.0614. The highest BCUT2D eigenvalue weighted by Gasteiger charge is 2.18. The monoisotopic (exact) mass is 211 g/mol.